The summed E-state index contributed by atoms with van der Waals surface area (Å²) in [7, 11) is -2.55. The number of alkyl halides is 3. The van der Waals surface area contributed by atoms with Gasteiger partial charge in [0.05, 0.1) is 30.9 Å². The van der Waals surface area contributed by atoms with E-state index in [1.165, 1.54) is 31.4 Å². The Bertz CT molecular complexity index is 1000. The van der Waals surface area contributed by atoms with E-state index in [4.69, 9.17) is 37.0 Å². The van der Waals surface area contributed by atoms with Crippen LogP contribution in [0.1, 0.15) is 30.8 Å². The predicted octanol–water partition coefficient (Wildman–Crippen LogP) is 7.40. The molecule has 2 aromatic carbocycles. The molecule has 2 aromatic rings. The van der Waals surface area contributed by atoms with Gasteiger partial charge in [-0.25, -0.2) is 0 Å². The number of ether oxygens (including phenoxy) is 1. The average molecular weight is 498 g/mol. The van der Waals surface area contributed by atoms with Crippen LogP contribution in [0.15, 0.2) is 36.4 Å². The highest BCUT2D eigenvalue weighted by Gasteiger charge is 2.45. The molecular weight excluding hydrogens is 477 g/mol. The fourth-order valence-electron chi connectivity index (χ4n) is 3.03. The Labute approximate surface area is 188 Å². The highest BCUT2D eigenvalue weighted by atomic mass is 35.5. The van der Waals surface area contributed by atoms with Gasteiger partial charge in [0.1, 0.15) is 5.75 Å². The lowest BCUT2D eigenvalue weighted by Crippen LogP contribution is -2.32. The fourth-order valence-corrected chi connectivity index (χ4v) is 5.88. The third-order valence-corrected chi connectivity index (χ3v) is 7.13. The molecule has 0 radical (unpaired) electrons. The average Bonchev–Trinajstić information content (AvgIpc) is 2.68. The molecule has 1 saturated heterocycles. The standard InChI is InChI=1S/C20H21Cl2F3NO4P/c1-19(2)10-29-31(27,30-11-19)18(15-8-13(21)9-16(22)17(15)28-3)26-14-6-4-5-12(7-14)20(23,24)25/h4-9,18,26H,10-11H2,1-3H3. The maximum atomic E-state index is 13.7. The van der Waals surface area contributed by atoms with Gasteiger partial charge in [0.25, 0.3) is 0 Å². The third kappa shape index (κ3) is 5.49. The van der Waals surface area contributed by atoms with E-state index in [0.29, 0.717) is 0 Å². The van der Waals surface area contributed by atoms with Crippen molar-refractivity contribution in [2.75, 3.05) is 25.6 Å². The number of nitrogens with one attached hydrogen (secondary N) is 1. The molecule has 11 heteroatoms. The minimum Gasteiger partial charge on any atom is -0.495 e. The molecule has 0 spiro atoms. The van der Waals surface area contributed by atoms with E-state index in [2.05, 4.69) is 5.32 Å². The van der Waals surface area contributed by atoms with Crippen molar-refractivity contribution in [3.8, 4) is 5.75 Å². The van der Waals surface area contributed by atoms with Gasteiger partial charge in [-0.15, -0.1) is 0 Å². The SMILES string of the molecule is COc1c(Cl)cc(Cl)cc1C(Nc1cccc(C(F)(F)F)c1)P1(=O)OCC(C)(C)CO1. The topological polar surface area (TPSA) is 56.8 Å². The normalized spacial score (nSPS) is 19.0. The zero-order chi connectivity index (χ0) is 23.0. The van der Waals surface area contributed by atoms with Crippen LogP contribution in [0.3, 0.4) is 0 Å². The summed E-state index contributed by atoms with van der Waals surface area (Å²) in [5.41, 5.74) is -0.951. The van der Waals surface area contributed by atoms with E-state index < -0.39 is 25.1 Å². The van der Waals surface area contributed by atoms with E-state index in [-0.39, 0.29) is 45.7 Å². The van der Waals surface area contributed by atoms with Crippen molar-refractivity contribution in [1.82, 2.24) is 0 Å². The van der Waals surface area contributed by atoms with Crippen LogP contribution in [0, 0.1) is 5.41 Å². The van der Waals surface area contributed by atoms with E-state index in [9.17, 15) is 17.7 Å². The molecule has 3 rings (SSSR count). The first-order valence-corrected chi connectivity index (χ1v) is 11.6. The molecule has 0 aromatic heterocycles. The van der Waals surface area contributed by atoms with E-state index >= 15 is 0 Å². The van der Waals surface area contributed by atoms with Gasteiger partial charge in [0.2, 0.25) is 0 Å². The molecule has 0 aliphatic carbocycles. The van der Waals surface area contributed by atoms with Crippen molar-refractivity contribution in [2.45, 2.75) is 25.8 Å². The molecule has 5 nitrogen and oxygen atoms in total. The molecule has 0 amide bonds. The second kappa shape index (κ2) is 8.83. The monoisotopic (exact) mass is 497 g/mol. The molecule has 0 saturated carbocycles. The van der Waals surface area contributed by atoms with Gasteiger partial charge in [-0.05, 0) is 30.3 Å². The molecule has 1 N–H and O–H groups in total. The first kappa shape index (κ1) is 24.2. The van der Waals surface area contributed by atoms with Gasteiger partial charge in [0.15, 0.2) is 5.78 Å². The molecule has 1 fully saturated rings. The van der Waals surface area contributed by atoms with Gasteiger partial charge in [-0.1, -0.05) is 43.1 Å². The lowest BCUT2D eigenvalue weighted by molar-refractivity contribution is -0.137. The largest absolute Gasteiger partial charge is 0.495 e. The van der Waals surface area contributed by atoms with Crippen LogP contribution >= 0.6 is 30.8 Å². The summed E-state index contributed by atoms with van der Waals surface area (Å²) >= 11 is 12.4. The number of anilines is 1. The number of rotatable bonds is 5. The van der Waals surface area contributed by atoms with Crippen LogP contribution in [0.5, 0.6) is 5.75 Å². The maximum absolute atomic E-state index is 13.7. The van der Waals surface area contributed by atoms with Crippen LogP contribution in [-0.4, -0.2) is 20.3 Å². The Hall–Kier alpha value is -1.44. The minimum absolute atomic E-state index is 0.0604. The maximum Gasteiger partial charge on any atom is 0.416 e. The molecule has 1 aliphatic heterocycles. The summed E-state index contributed by atoms with van der Waals surface area (Å²) < 4.78 is 69.9. The lowest BCUT2D eigenvalue weighted by Gasteiger charge is -2.38. The van der Waals surface area contributed by atoms with Crippen LogP contribution < -0.4 is 10.1 Å². The molecule has 170 valence electrons. The summed E-state index contributed by atoms with van der Waals surface area (Å²) in [6, 6.07) is 7.41. The summed E-state index contributed by atoms with van der Waals surface area (Å²) in [5.74, 6) is -1.07. The fraction of sp³-hybridized carbons (Fsp3) is 0.400. The van der Waals surface area contributed by atoms with Crippen LogP contribution in [0.2, 0.25) is 10.0 Å². The highest BCUT2D eigenvalue weighted by Crippen LogP contribution is 2.65. The zero-order valence-corrected chi connectivity index (χ0v) is 19.3. The number of hydrogen-bond donors (Lipinski definition) is 1. The van der Waals surface area contributed by atoms with Crippen LogP contribution in [0.25, 0.3) is 0 Å². The van der Waals surface area contributed by atoms with E-state index in [1.54, 1.807) is 0 Å². The quantitative estimate of drug-likeness (QED) is 0.436. The summed E-state index contributed by atoms with van der Waals surface area (Å²) in [6.07, 6.45) is -4.55. The van der Waals surface area contributed by atoms with Crippen molar-refractivity contribution in [3.63, 3.8) is 0 Å². The first-order valence-electron chi connectivity index (χ1n) is 9.20. The third-order valence-electron chi connectivity index (χ3n) is 4.62. The van der Waals surface area contributed by atoms with Crippen molar-refractivity contribution < 1.29 is 31.5 Å². The first-order chi connectivity index (χ1) is 14.3. The molecule has 1 unspecified atom stereocenters. The molecule has 1 heterocycles. The van der Waals surface area contributed by atoms with Crippen LogP contribution in [-0.2, 0) is 19.8 Å². The van der Waals surface area contributed by atoms with Crippen LogP contribution in [0.4, 0.5) is 18.9 Å². The Kier molecular flexibility index (Phi) is 6.90. The van der Waals surface area contributed by atoms with Gasteiger partial charge < -0.3 is 19.1 Å². The summed E-state index contributed by atoms with van der Waals surface area (Å²) in [5, 5.41) is 3.23. The number of hydrogen-bond acceptors (Lipinski definition) is 5. The Balaban J connectivity index is 2.10. The molecular formula is C20H21Cl2F3NO4P. The van der Waals surface area contributed by atoms with Crippen molar-refractivity contribution >= 4 is 36.5 Å². The second-order valence-electron chi connectivity index (χ2n) is 7.89. The second-order valence-corrected chi connectivity index (χ2v) is 10.8. The zero-order valence-electron chi connectivity index (χ0n) is 16.9. The summed E-state index contributed by atoms with van der Waals surface area (Å²) in [6.45, 7) is 4.01. The Morgan fingerprint density at radius 3 is 2.39 bits per heavy atom. The number of methoxy groups -OCH3 is 1. The predicted molar refractivity (Wildman–Crippen MR) is 114 cm³/mol. The smallest absolute Gasteiger partial charge is 0.416 e. The molecule has 1 aliphatic rings. The molecule has 31 heavy (non-hydrogen) atoms. The minimum atomic E-state index is -4.55. The van der Waals surface area contributed by atoms with E-state index in [1.807, 2.05) is 13.8 Å². The van der Waals surface area contributed by atoms with Gasteiger partial charge in [-0.2, -0.15) is 13.2 Å². The van der Waals surface area contributed by atoms with Crippen molar-refractivity contribution in [2.24, 2.45) is 5.41 Å². The highest BCUT2D eigenvalue weighted by molar-refractivity contribution is 7.54. The van der Waals surface area contributed by atoms with Gasteiger partial charge in [0, 0.05) is 21.7 Å². The van der Waals surface area contributed by atoms with Gasteiger partial charge >= 0.3 is 13.8 Å². The van der Waals surface area contributed by atoms with E-state index in [0.717, 1.165) is 12.1 Å². The van der Waals surface area contributed by atoms with Crippen molar-refractivity contribution in [1.29, 1.82) is 0 Å². The van der Waals surface area contributed by atoms with Crippen molar-refractivity contribution in [3.05, 3.63) is 57.6 Å². The molecule has 1 atom stereocenters. The number of benzene rings is 2. The Morgan fingerprint density at radius 2 is 1.81 bits per heavy atom. The number of halogens is 5. The van der Waals surface area contributed by atoms with Gasteiger partial charge in [-0.3, -0.25) is 4.57 Å². The lowest BCUT2D eigenvalue weighted by atomic mass is 9.97. The Morgan fingerprint density at radius 1 is 1.16 bits per heavy atom. The summed E-state index contributed by atoms with van der Waals surface area (Å²) in [4.78, 5) is 0. The molecule has 0 bridgehead atoms.